The number of carbonyl (C=O) groups excluding carboxylic acids is 4. The van der Waals surface area contributed by atoms with Gasteiger partial charge in [0.25, 0.3) is 0 Å². The highest BCUT2D eigenvalue weighted by atomic mass is 16.6. The molecule has 0 saturated carbocycles. The Labute approximate surface area is 405 Å². The van der Waals surface area contributed by atoms with Gasteiger partial charge in [0.15, 0.2) is 12.3 Å². The largest absolute Gasteiger partial charge is 0.479 e. The Balaban J connectivity index is 1.47. The first-order chi connectivity index (χ1) is 32.6. The second-order valence-electron chi connectivity index (χ2n) is 19.2. The van der Waals surface area contributed by atoms with Crippen LogP contribution in [-0.4, -0.2) is 177 Å². The first-order valence-electron chi connectivity index (χ1n) is 24.0. The fourth-order valence-electron chi connectivity index (χ4n) is 9.62. The van der Waals surface area contributed by atoms with Crippen molar-refractivity contribution in [2.24, 2.45) is 23.7 Å². The van der Waals surface area contributed by atoms with Gasteiger partial charge in [-0.2, -0.15) is 0 Å². The van der Waals surface area contributed by atoms with Crippen LogP contribution in [0.15, 0.2) is 36.5 Å². The number of likely N-dealkylation sites (N-methyl/N-ethyl adjacent to an activating group) is 2. The Kier molecular flexibility index (Phi) is 21.5. The van der Waals surface area contributed by atoms with Gasteiger partial charge in [0, 0.05) is 27.8 Å². The number of hydrogen-bond donors (Lipinski definition) is 7. The third-order valence-electron chi connectivity index (χ3n) is 13.8. The molecular formula is C48H78N8O13. The van der Waals surface area contributed by atoms with Gasteiger partial charge in [0.2, 0.25) is 23.6 Å². The van der Waals surface area contributed by atoms with E-state index in [0.717, 1.165) is 10.2 Å². The molecule has 0 bridgehead atoms. The molecule has 21 nitrogen and oxygen atoms in total. The van der Waals surface area contributed by atoms with Crippen molar-refractivity contribution in [3.8, 4) is 0 Å². The zero-order chi connectivity index (χ0) is 51.4. The normalized spacial score (nSPS) is 24.7. The van der Waals surface area contributed by atoms with Crippen LogP contribution in [0, 0.1) is 23.7 Å². The quantitative estimate of drug-likeness (QED) is 0.0741. The van der Waals surface area contributed by atoms with Crippen LogP contribution in [-0.2, 0) is 49.5 Å². The Bertz CT molecular complexity index is 1970. The number of amides is 4. The van der Waals surface area contributed by atoms with E-state index in [1.165, 1.54) is 20.4 Å². The van der Waals surface area contributed by atoms with Crippen molar-refractivity contribution in [2.45, 2.75) is 167 Å². The molecule has 5 unspecified atom stereocenters. The number of aliphatic hydroxyl groups excluding tert-OH is 3. The summed E-state index contributed by atoms with van der Waals surface area (Å²) in [5, 5.41) is 57.6. The standard InChI is InChI=1S/C48H78N8O13/c1-13-27(6)37(54(10)46(63)36(26(4)5)51-45(62)35(49-9)25(2)3)33(66-11)22-34(57)55-21-17-20-32(55)41(67-12)28(7)44(61)50-29(8)42(30-18-15-14-16-19-30)68-24-31-23-56(53-52-31)47-40(60)38(58)39(59)43(69-47)48(64)65/h14-16,18-19,23,25-29,32-33,35-43,47,49,58-60H,13,17,20-22,24H2,1-12H3,(H,50,61)(H,51,62)(H,64,65)/t27-,28+,29+,32-,33+,35-,36-,37-,38?,39?,40?,41+,42+,43?,47?/m0/s1. The second kappa shape index (κ2) is 26.0. The number of aliphatic carboxylic acids is 1. The Morgan fingerprint density at radius 2 is 1.55 bits per heavy atom. The number of benzene rings is 1. The molecule has 2 aliphatic rings. The lowest BCUT2D eigenvalue weighted by molar-refractivity contribution is -0.249. The van der Waals surface area contributed by atoms with Crippen molar-refractivity contribution in [3.63, 3.8) is 0 Å². The third-order valence-corrected chi connectivity index (χ3v) is 13.8. The molecule has 1 aromatic heterocycles. The van der Waals surface area contributed by atoms with Crippen molar-refractivity contribution in [1.82, 2.24) is 40.7 Å². The molecule has 2 fully saturated rings. The summed E-state index contributed by atoms with van der Waals surface area (Å²) in [7, 11) is 6.47. The molecular weight excluding hydrogens is 897 g/mol. The highest BCUT2D eigenvalue weighted by molar-refractivity contribution is 5.90. The smallest absolute Gasteiger partial charge is 0.335 e. The summed E-state index contributed by atoms with van der Waals surface area (Å²) in [5.74, 6) is -3.63. The molecule has 0 radical (unpaired) electrons. The number of carbonyl (C=O) groups is 5. The van der Waals surface area contributed by atoms with Crippen LogP contribution in [0.4, 0.5) is 0 Å². The van der Waals surface area contributed by atoms with Gasteiger partial charge in [-0.3, -0.25) is 19.2 Å². The molecule has 69 heavy (non-hydrogen) atoms. The minimum atomic E-state index is -1.87. The molecule has 4 amide bonds. The van der Waals surface area contributed by atoms with Crippen LogP contribution >= 0.6 is 0 Å². The summed E-state index contributed by atoms with van der Waals surface area (Å²) < 4.78 is 24.8. The summed E-state index contributed by atoms with van der Waals surface area (Å²) in [6.07, 6.45) is -7.49. The van der Waals surface area contributed by atoms with Crippen LogP contribution in [0.5, 0.6) is 0 Å². The molecule has 0 spiro atoms. The number of aliphatic hydroxyl groups is 3. The van der Waals surface area contributed by atoms with Gasteiger partial charge in [-0.25, -0.2) is 9.48 Å². The molecule has 2 aromatic rings. The van der Waals surface area contributed by atoms with E-state index >= 15 is 0 Å². The summed E-state index contributed by atoms with van der Waals surface area (Å²) >= 11 is 0. The number of nitrogens with one attached hydrogen (secondary N) is 3. The number of rotatable bonds is 25. The molecule has 3 heterocycles. The number of aromatic nitrogens is 3. The molecule has 0 aliphatic carbocycles. The van der Waals surface area contributed by atoms with E-state index < -0.39 is 91.1 Å². The first kappa shape index (κ1) is 57.0. The number of carboxylic acid groups (broad SMARTS) is 1. The minimum absolute atomic E-state index is 0.00193. The number of carboxylic acids is 1. The van der Waals surface area contributed by atoms with E-state index in [2.05, 4.69) is 26.3 Å². The maximum atomic E-state index is 14.4. The van der Waals surface area contributed by atoms with E-state index in [9.17, 15) is 44.4 Å². The van der Waals surface area contributed by atoms with Crippen molar-refractivity contribution >= 4 is 29.6 Å². The van der Waals surface area contributed by atoms with Crippen molar-refractivity contribution < 1.29 is 63.3 Å². The fourth-order valence-corrected chi connectivity index (χ4v) is 9.62. The Morgan fingerprint density at radius 1 is 0.899 bits per heavy atom. The van der Waals surface area contributed by atoms with Gasteiger partial charge in [-0.1, -0.05) is 90.4 Å². The summed E-state index contributed by atoms with van der Waals surface area (Å²) in [4.78, 5) is 71.2. The van der Waals surface area contributed by atoms with Crippen LogP contribution in [0.3, 0.4) is 0 Å². The topological polar surface area (TPSA) is 276 Å². The lowest BCUT2D eigenvalue weighted by atomic mass is 9.89. The summed E-state index contributed by atoms with van der Waals surface area (Å²) in [6, 6.07) is 6.34. The molecule has 7 N–H and O–H groups in total. The molecule has 2 saturated heterocycles. The van der Waals surface area contributed by atoms with Gasteiger partial charge >= 0.3 is 5.97 Å². The van der Waals surface area contributed by atoms with E-state index in [-0.39, 0.29) is 60.1 Å². The highest BCUT2D eigenvalue weighted by Gasteiger charge is 2.48. The molecule has 1 aromatic carbocycles. The molecule has 2 aliphatic heterocycles. The molecule has 388 valence electrons. The maximum absolute atomic E-state index is 14.4. The van der Waals surface area contributed by atoms with Gasteiger partial charge in [0.05, 0.1) is 61.5 Å². The van der Waals surface area contributed by atoms with Crippen molar-refractivity contribution in [2.75, 3.05) is 34.9 Å². The summed E-state index contributed by atoms with van der Waals surface area (Å²) in [5.41, 5.74) is 0.997. The number of hydrogen-bond acceptors (Lipinski definition) is 15. The van der Waals surface area contributed by atoms with E-state index in [1.807, 2.05) is 71.9 Å². The Hall–Kier alpha value is -4.61. The van der Waals surface area contributed by atoms with E-state index in [1.54, 1.807) is 37.7 Å². The van der Waals surface area contributed by atoms with Crippen LogP contribution in [0.2, 0.25) is 0 Å². The molecule has 21 heteroatoms. The molecule has 4 rings (SSSR count). The number of likely N-dealkylation sites (tertiary alicyclic amines) is 1. The fraction of sp³-hybridized carbons (Fsp3) is 0.729. The Morgan fingerprint density at radius 3 is 2.12 bits per heavy atom. The van der Waals surface area contributed by atoms with Crippen LogP contribution < -0.4 is 16.0 Å². The third kappa shape index (κ3) is 13.8. The summed E-state index contributed by atoms with van der Waals surface area (Å²) in [6.45, 7) is 15.5. The number of methoxy groups -OCH3 is 2. The SMILES string of the molecule is CC[C@H](C)[C@@H]([C@@H](CC(=O)N1CCC[C@H]1[C@H](OC)[C@@H](C)C(=O)N[C@H](C)[C@@H](OCc1cn(C2OC(C(=O)O)C(O)C(O)C2O)nn1)c1ccccc1)OC)N(C)C(=O)[C@@H](NC(=O)[C@@H](NC)C(C)C)C(C)C. The number of nitrogens with zero attached hydrogens (tertiary/aromatic N) is 5. The van der Waals surface area contributed by atoms with Gasteiger partial charge in [-0.15, -0.1) is 5.10 Å². The first-order valence-corrected chi connectivity index (χ1v) is 24.0. The highest BCUT2D eigenvalue weighted by Crippen LogP contribution is 2.32. The number of ether oxygens (including phenoxy) is 4. The van der Waals surface area contributed by atoms with E-state index in [4.69, 9.17) is 18.9 Å². The van der Waals surface area contributed by atoms with Crippen LogP contribution in [0.1, 0.15) is 105 Å². The average Bonchev–Trinajstić information content (AvgIpc) is 4.00. The lowest BCUT2D eigenvalue weighted by Gasteiger charge is -2.41. The van der Waals surface area contributed by atoms with Gasteiger partial charge < -0.3 is 65.1 Å². The lowest BCUT2D eigenvalue weighted by Crippen LogP contribution is -2.59. The zero-order valence-electron chi connectivity index (χ0n) is 42.2. The maximum Gasteiger partial charge on any atom is 0.335 e. The second-order valence-corrected chi connectivity index (χ2v) is 19.2. The van der Waals surface area contributed by atoms with Crippen molar-refractivity contribution in [1.29, 1.82) is 0 Å². The predicted octanol–water partition coefficient (Wildman–Crippen LogP) is 1.41. The monoisotopic (exact) mass is 975 g/mol. The minimum Gasteiger partial charge on any atom is -0.479 e. The average molecular weight is 975 g/mol. The zero-order valence-corrected chi connectivity index (χ0v) is 42.2. The van der Waals surface area contributed by atoms with Crippen molar-refractivity contribution in [3.05, 3.63) is 47.8 Å². The van der Waals surface area contributed by atoms with Gasteiger partial charge in [-0.05, 0) is 50.1 Å². The predicted molar refractivity (Wildman–Crippen MR) is 252 cm³/mol. The van der Waals surface area contributed by atoms with E-state index in [0.29, 0.717) is 25.8 Å². The molecule has 15 atom stereocenters. The van der Waals surface area contributed by atoms with Crippen LogP contribution in [0.25, 0.3) is 0 Å². The van der Waals surface area contributed by atoms with Gasteiger partial charge in [0.1, 0.15) is 36.2 Å².